The first-order valence-electron chi connectivity index (χ1n) is 6.57. The number of nitrogens with one attached hydrogen (secondary N) is 1. The second-order valence-corrected chi connectivity index (χ2v) is 4.83. The van der Waals surface area contributed by atoms with E-state index in [-0.39, 0.29) is 18.6 Å². The van der Waals surface area contributed by atoms with Gasteiger partial charge in [0.25, 0.3) is 0 Å². The summed E-state index contributed by atoms with van der Waals surface area (Å²) in [6.07, 6.45) is 1.65. The Balaban J connectivity index is 1.74. The van der Waals surface area contributed by atoms with Crippen LogP contribution in [0, 0.1) is 0 Å². The quantitative estimate of drug-likeness (QED) is 0.692. The zero-order chi connectivity index (χ0) is 13.7. The lowest BCUT2D eigenvalue weighted by Gasteiger charge is -2.14. The molecule has 2 rings (SSSR count). The highest BCUT2D eigenvalue weighted by Crippen LogP contribution is 2.16. The number of carbonyl (C=O) groups excluding carboxylic acids is 1. The minimum absolute atomic E-state index is 0.0358. The Hall–Kier alpha value is -1.59. The standard InChI is InChI=1S/C14H20N2O3/c15-11-5-3-10(4-6-11)13(17)9-16-14(18)8-12-2-1-7-19-12/h3-6,12-13,17H,1-2,7-9,15H2,(H,16,18). The number of rotatable bonds is 5. The number of hydrogen-bond donors (Lipinski definition) is 3. The SMILES string of the molecule is Nc1ccc(C(O)CNC(=O)CC2CCCO2)cc1. The molecule has 1 heterocycles. The van der Waals surface area contributed by atoms with Crippen molar-refractivity contribution >= 4 is 11.6 Å². The van der Waals surface area contributed by atoms with Crippen molar-refractivity contribution in [1.82, 2.24) is 5.32 Å². The first-order chi connectivity index (χ1) is 9.15. The predicted molar refractivity (Wildman–Crippen MR) is 72.4 cm³/mol. The van der Waals surface area contributed by atoms with Crippen molar-refractivity contribution < 1.29 is 14.6 Å². The smallest absolute Gasteiger partial charge is 0.222 e. The highest BCUT2D eigenvalue weighted by atomic mass is 16.5. The Morgan fingerprint density at radius 1 is 1.47 bits per heavy atom. The molecular weight excluding hydrogens is 244 g/mol. The van der Waals surface area contributed by atoms with Gasteiger partial charge in [0.15, 0.2) is 0 Å². The maximum atomic E-state index is 11.7. The molecule has 0 saturated carbocycles. The summed E-state index contributed by atoms with van der Waals surface area (Å²) in [6, 6.07) is 6.97. The second-order valence-electron chi connectivity index (χ2n) is 4.83. The van der Waals surface area contributed by atoms with Crippen LogP contribution in [0.1, 0.15) is 30.9 Å². The van der Waals surface area contributed by atoms with Crippen LogP contribution >= 0.6 is 0 Å². The maximum absolute atomic E-state index is 11.7. The Labute approximate surface area is 112 Å². The minimum atomic E-state index is -0.714. The van der Waals surface area contributed by atoms with Crippen LogP contribution in [0.15, 0.2) is 24.3 Å². The average molecular weight is 264 g/mol. The molecule has 1 fully saturated rings. The number of aliphatic hydroxyl groups is 1. The van der Waals surface area contributed by atoms with Crippen molar-refractivity contribution in [3.05, 3.63) is 29.8 Å². The normalized spacial score (nSPS) is 20.2. The molecule has 5 heteroatoms. The lowest BCUT2D eigenvalue weighted by molar-refractivity contribution is -0.123. The molecule has 0 spiro atoms. The van der Waals surface area contributed by atoms with Gasteiger partial charge < -0.3 is 20.9 Å². The van der Waals surface area contributed by atoms with Gasteiger partial charge in [-0.25, -0.2) is 0 Å². The Kier molecular flexibility index (Phi) is 4.76. The van der Waals surface area contributed by atoms with Crippen LogP contribution in [0.5, 0.6) is 0 Å². The summed E-state index contributed by atoms with van der Waals surface area (Å²) in [6.45, 7) is 0.946. The molecule has 2 unspecified atom stereocenters. The molecule has 2 atom stereocenters. The molecule has 1 aliphatic rings. The monoisotopic (exact) mass is 264 g/mol. The van der Waals surface area contributed by atoms with Crippen LogP contribution in [0.2, 0.25) is 0 Å². The van der Waals surface area contributed by atoms with Crippen LogP contribution in [0.3, 0.4) is 0 Å². The van der Waals surface area contributed by atoms with Gasteiger partial charge in [0.2, 0.25) is 5.91 Å². The number of anilines is 1. The van der Waals surface area contributed by atoms with Gasteiger partial charge >= 0.3 is 0 Å². The first-order valence-corrected chi connectivity index (χ1v) is 6.57. The molecule has 1 aromatic rings. The van der Waals surface area contributed by atoms with E-state index in [2.05, 4.69) is 5.32 Å². The Morgan fingerprint density at radius 2 is 2.21 bits per heavy atom. The van der Waals surface area contributed by atoms with Crippen LogP contribution < -0.4 is 11.1 Å². The minimum Gasteiger partial charge on any atom is -0.399 e. The number of nitrogen functional groups attached to an aromatic ring is 1. The van der Waals surface area contributed by atoms with E-state index in [0.717, 1.165) is 25.0 Å². The molecule has 5 nitrogen and oxygen atoms in total. The molecule has 19 heavy (non-hydrogen) atoms. The molecule has 104 valence electrons. The van der Waals surface area contributed by atoms with Crippen molar-refractivity contribution in [2.75, 3.05) is 18.9 Å². The van der Waals surface area contributed by atoms with Gasteiger partial charge in [-0.3, -0.25) is 4.79 Å². The number of nitrogens with two attached hydrogens (primary N) is 1. The molecule has 0 aliphatic carbocycles. The van der Waals surface area contributed by atoms with Crippen molar-refractivity contribution in [3.63, 3.8) is 0 Å². The number of aliphatic hydroxyl groups excluding tert-OH is 1. The van der Waals surface area contributed by atoms with E-state index < -0.39 is 6.10 Å². The first kappa shape index (κ1) is 13.8. The van der Waals surface area contributed by atoms with Crippen molar-refractivity contribution in [1.29, 1.82) is 0 Å². The van der Waals surface area contributed by atoms with Gasteiger partial charge in [-0.1, -0.05) is 12.1 Å². The summed E-state index contributed by atoms with van der Waals surface area (Å²) in [5, 5.41) is 12.7. The van der Waals surface area contributed by atoms with Crippen LogP contribution in [-0.2, 0) is 9.53 Å². The van der Waals surface area contributed by atoms with Gasteiger partial charge in [-0.05, 0) is 30.5 Å². The fourth-order valence-electron chi connectivity index (χ4n) is 2.13. The van der Waals surface area contributed by atoms with Crippen LogP contribution in [-0.4, -0.2) is 30.3 Å². The average Bonchev–Trinajstić information content (AvgIpc) is 2.89. The molecule has 4 N–H and O–H groups in total. The Morgan fingerprint density at radius 3 is 2.84 bits per heavy atom. The number of amides is 1. The summed E-state index contributed by atoms with van der Waals surface area (Å²) in [5.74, 6) is -0.0820. The molecule has 1 aromatic carbocycles. The van der Waals surface area contributed by atoms with E-state index in [1.165, 1.54) is 0 Å². The highest BCUT2D eigenvalue weighted by molar-refractivity contribution is 5.76. The number of carbonyl (C=O) groups is 1. The second kappa shape index (κ2) is 6.54. The van der Waals surface area contributed by atoms with Crippen molar-refractivity contribution in [2.24, 2.45) is 0 Å². The lowest BCUT2D eigenvalue weighted by atomic mass is 10.1. The topological polar surface area (TPSA) is 84.6 Å². The van der Waals surface area contributed by atoms with Gasteiger partial charge in [0.1, 0.15) is 0 Å². The summed E-state index contributed by atoms with van der Waals surface area (Å²) in [4.78, 5) is 11.7. The molecule has 0 aromatic heterocycles. The number of hydrogen-bond acceptors (Lipinski definition) is 4. The van der Waals surface area contributed by atoms with E-state index >= 15 is 0 Å². The largest absolute Gasteiger partial charge is 0.399 e. The van der Waals surface area contributed by atoms with Gasteiger partial charge in [-0.2, -0.15) is 0 Å². The summed E-state index contributed by atoms with van der Waals surface area (Å²) in [5.41, 5.74) is 6.97. The molecule has 0 bridgehead atoms. The van der Waals surface area contributed by atoms with Gasteiger partial charge in [0.05, 0.1) is 18.6 Å². The number of benzene rings is 1. The van der Waals surface area contributed by atoms with E-state index in [4.69, 9.17) is 10.5 Å². The lowest BCUT2D eigenvalue weighted by Crippen LogP contribution is -2.30. The zero-order valence-corrected chi connectivity index (χ0v) is 10.8. The third-order valence-corrected chi connectivity index (χ3v) is 3.25. The summed E-state index contributed by atoms with van der Waals surface area (Å²) in [7, 11) is 0. The van der Waals surface area contributed by atoms with E-state index in [9.17, 15) is 9.90 Å². The fourth-order valence-corrected chi connectivity index (χ4v) is 2.13. The molecule has 1 saturated heterocycles. The molecule has 1 aliphatic heterocycles. The predicted octanol–water partition coefficient (Wildman–Crippen LogP) is 0.987. The fraction of sp³-hybridized carbons (Fsp3) is 0.500. The third-order valence-electron chi connectivity index (χ3n) is 3.25. The van der Waals surface area contributed by atoms with Gasteiger partial charge in [-0.15, -0.1) is 0 Å². The zero-order valence-electron chi connectivity index (χ0n) is 10.8. The third kappa shape index (κ3) is 4.22. The van der Waals surface area contributed by atoms with Crippen LogP contribution in [0.4, 0.5) is 5.69 Å². The maximum Gasteiger partial charge on any atom is 0.222 e. The van der Waals surface area contributed by atoms with E-state index in [1.807, 2.05) is 0 Å². The molecular formula is C14H20N2O3. The van der Waals surface area contributed by atoms with Gasteiger partial charge in [0, 0.05) is 18.8 Å². The van der Waals surface area contributed by atoms with Crippen LogP contribution in [0.25, 0.3) is 0 Å². The molecule has 1 amide bonds. The van der Waals surface area contributed by atoms with E-state index in [0.29, 0.717) is 12.1 Å². The van der Waals surface area contributed by atoms with Crippen molar-refractivity contribution in [2.45, 2.75) is 31.5 Å². The Bertz CT molecular complexity index is 413. The van der Waals surface area contributed by atoms with Crippen molar-refractivity contribution in [3.8, 4) is 0 Å². The highest BCUT2D eigenvalue weighted by Gasteiger charge is 2.19. The van der Waals surface area contributed by atoms with E-state index in [1.54, 1.807) is 24.3 Å². The molecule has 0 radical (unpaired) electrons. The summed E-state index contributed by atoms with van der Waals surface area (Å²) < 4.78 is 5.39. The number of ether oxygens (including phenoxy) is 1. The summed E-state index contributed by atoms with van der Waals surface area (Å²) >= 11 is 0.